The van der Waals surface area contributed by atoms with Gasteiger partial charge in [-0.2, -0.15) is 0 Å². The number of ether oxygens (including phenoxy) is 2. The Labute approximate surface area is 484 Å². The Bertz CT molecular complexity index is 2430. The highest BCUT2D eigenvalue weighted by atomic mass is 16.6. The highest BCUT2D eigenvalue weighted by molar-refractivity contribution is 5.98. The van der Waals surface area contributed by atoms with Gasteiger partial charge in [-0.25, -0.2) is 0 Å². The van der Waals surface area contributed by atoms with Crippen LogP contribution < -0.4 is 54.0 Å². The molecule has 0 saturated carbocycles. The molecule has 2 bridgehead atoms. The molecule has 3 saturated heterocycles. The Hall–Kier alpha value is -6.49. The van der Waals surface area contributed by atoms with E-state index in [1.165, 1.54) is 4.90 Å². The molecule has 0 spiro atoms. The molecule has 454 valence electrons. The van der Waals surface area contributed by atoms with Gasteiger partial charge in [-0.15, -0.1) is 0 Å². The van der Waals surface area contributed by atoms with Gasteiger partial charge < -0.3 is 68.4 Å². The van der Waals surface area contributed by atoms with E-state index in [0.29, 0.717) is 31.2 Å². The molecule has 2 aromatic carbocycles. The Morgan fingerprint density at radius 2 is 1.01 bits per heavy atom. The fourth-order valence-electron chi connectivity index (χ4n) is 10.6. The molecule has 3 fully saturated rings. The summed E-state index contributed by atoms with van der Waals surface area (Å²) in [5.74, 6) is -6.78. The van der Waals surface area contributed by atoms with E-state index in [0.717, 1.165) is 5.56 Å². The third-order valence-electron chi connectivity index (χ3n) is 15.1. The predicted octanol–water partition coefficient (Wildman–Crippen LogP) is 1.76. The molecule has 5 rings (SSSR count). The Morgan fingerprint density at radius 1 is 0.537 bits per heavy atom. The molecule has 0 unspecified atom stereocenters. The summed E-state index contributed by atoms with van der Waals surface area (Å²) in [6, 6.07) is 9.34. The number of benzene rings is 2. The minimum Gasteiger partial charge on any atom is -0.371 e. The van der Waals surface area contributed by atoms with Crippen LogP contribution in [0.2, 0.25) is 0 Å². The molecule has 9 amide bonds. The number of nitrogens with two attached hydrogens (primary N) is 2. The van der Waals surface area contributed by atoms with Gasteiger partial charge in [0.05, 0.1) is 12.7 Å². The maximum absolute atomic E-state index is 14.9. The summed E-state index contributed by atoms with van der Waals surface area (Å²) in [4.78, 5) is 131. The standard InChI is InChI=1S/C60H93N11O11/c1-35(2)30-43-52(72)63-33-49-47(81-34-40-20-13-10-14-21-40)25-26-48(82-49)57(77)70-51(38(7)8)59(79)65-42(23-16-28-62)54(74)67-44(31-36(3)4)55(75)68-45(32-39-18-11-9-12-19-39)60(80)71-29-17-24-46(71)56(76)69-50(37(5)6)58(78)64-41(22-15-27-61)53(73)66-43/h9-14,18-21,35-38,41-51H,15-17,22-34,61-62H2,1-8H3,(H,63,72)(H,64,78)(H,65,79)(H,66,73)(H,67,74)(H,68,75)(H,69,76)(H,70,77)/t41-,42-,43-,44-,45+,46-,47-,48+,49+,50-,51-/m0/s1. The SMILES string of the molecule is CC(C)C[C@@H]1NC(=O)[C@H](CCCN)NC(=O)[C@H](C(C)C)NC(=O)[C@@H]2CCCN2C(=O)[C@@H](Cc2ccccc2)NC(=O)[C@H](CC(C)C)NC(=O)[C@H](CCCN)NC(=O)[C@H](C(C)C)NC(=O)[C@H]2CC[C@H](OCc3ccccc3)[C@@H](CNC1=O)O2. The van der Waals surface area contributed by atoms with E-state index in [-0.39, 0.29) is 89.6 Å². The van der Waals surface area contributed by atoms with Crippen molar-refractivity contribution < 1.29 is 52.6 Å². The van der Waals surface area contributed by atoms with E-state index >= 15 is 0 Å². The maximum Gasteiger partial charge on any atom is 0.249 e. The maximum atomic E-state index is 14.9. The first-order valence-corrected chi connectivity index (χ1v) is 29.6. The first-order valence-electron chi connectivity index (χ1n) is 29.6. The van der Waals surface area contributed by atoms with Crippen LogP contribution in [0.1, 0.15) is 131 Å². The van der Waals surface area contributed by atoms with Gasteiger partial charge in [0.15, 0.2) is 0 Å². The lowest BCUT2D eigenvalue weighted by Gasteiger charge is -2.37. The zero-order chi connectivity index (χ0) is 60.0. The highest BCUT2D eigenvalue weighted by Gasteiger charge is 2.42. The number of hydrogen-bond donors (Lipinski definition) is 10. The fourth-order valence-corrected chi connectivity index (χ4v) is 10.6. The van der Waals surface area contributed by atoms with Crippen LogP contribution in [0.4, 0.5) is 0 Å². The lowest BCUT2D eigenvalue weighted by molar-refractivity contribution is -0.164. The molecule has 22 nitrogen and oxygen atoms in total. The summed E-state index contributed by atoms with van der Waals surface area (Å²) in [5.41, 5.74) is 13.5. The molecule has 22 heteroatoms. The Kier molecular flexibility index (Phi) is 26.7. The van der Waals surface area contributed by atoms with Crippen LogP contribution in [0, 0.1) is 23.7 Å². The number of carbonyl (C=O) groups is 9. The lowest BCUT2D eigenvalue weighted by atomic mass is 9.97. The topological polar surface area (TPSA) is 324 Å². The van der Waals surface area contributed by atoms with Crippen LogP contribution in [-0.2, 0) is 65.7 Å². The third-order valence-corrected chi connectivity index (χ3v) is 15.1. The van der Waals surface area contributed by atoms with Crippen molar-refractivity contribution in [1.82, 2.24) is 47.4 Å². The van der Waals surface area contributed by atoms with E-state index in [2.05, 4.69) is 42.5 Å². The van der Waals surface area contributed by atoms with Crippen molar-refractivity contribution in [2.45, 2.75) is 199 Å². The molecule has 0 aliphatic carbocycles. The van der Waals surface area contributed by atoms with Crippen LogP contribution in [0.5, 0.6) is 0 Å². The molecule has 3 heterocycles. The number of nitrogens with zero attached hydrogens (tertiary/aromatic N) is 1. The molecule has 3 aliphatic heterocycles. The summed E-state index contributed by atoms with van der Waals surface area (Å²) in [5, 5.41) is 22.9. The van der Waals surface area contributed by atoms with Gasteiger partial charge in [-0.05, 0) is 112 Å². The highest BCUT2D eigenvalue weighted by Crippen LogP contribution is 2.25. The number of nitrogens with one attached hydrogen (secondary N) is 8. The summed E-state index contributed by atoms with van der Waals surface area (Å²) < 4.78 is 12.9. The van der Waals surface area contributed by atoms with Crippen molar-refractivity contribution >= 4 is 53.2 Å². The predicted molar refractivity (Wildman–Crippen MR) is 309 cm³/mol. The average molecular weight is 1140 g/mol. The van der Waals surface area contributed by atoms with Crippen LogP contribution in [-0.4, -0.2) is 151 Å². The summed E-state index contributed by atoms with van der Waals surface area (Å²) in [6.45, 7) is 15.1. The molecule has 82 heavy (non-hydrogen) atoms. The van der Waals surface area contributed by atoms with Crippen molar-refractivity contribution in [3.8, 4) is 0 Å². The smallest absolute Gasteiger partial charge is 0.249 e. The molecular formula is C60H93N11O11. The van der Waals surface area contributed by atoms with E-state index in [1.807, 2.05) is 76.2 Å². The second-order valence-corrected chi connectivity index (χ2v) is 23.6. The van der Waals surface area contributed by atoms with Gasteiger partial charge in [0.1, 0.15) is 60.5 Å². The van der Waals surface area contributed by atoms with Crippen molar-refractivity contribution in [2.75, 3.05) is 26.2 Å². The summed E-state index contributed by atoms with van der Waals surface area (Å²) in [6.07, 6.45) is -0.0721. The van der Waals surface area contributed by atoms with Gasteiger partial charge in [0.2, 0.25) is 53.2 Å². The zero-order valence-corrected chi connectivity index (χ0v) is 49.3. The molecule has 3 aliphatic rings. The minimum absolute atomic E-state index is 0.0359. The second kappa shape index (κ2) is 33.0. The monoisotopic (exact) mass is 1140 g/mol. The summed E-state index contributed by atoms with van der Waals surface area (Å²) >= 11 is 0. The molecule has 0 radical (unpaired) electrons. The van der Waals surface area contributed by atoms with Gasteiger partial charge in [-0.3, -0.25) is 43.2 Å². The Balaban J connectivity index is 1.54. The van der Waals surface area contributed by atoms with Crippen LogP contribution in [0.25, 0.3) is 0 Å². The van der Waals surface area contributed by atoms with Crippen LogP contribution in [0.15, 0.2) is 60.7 Å². The number of fused-ring (bicyclic) bond motifs is 3. The van der Waals surface area contributed by atoms with Gasteiger partial charge in [0, 0.05) is 19.5 Å². The zero-order valence-electron chi connectivity index (χ0n) is 49.3. The van der Waals surface area contributed by atoms with Crippen molar-refractivity contribution in [3.63, 3.8) is 0 Å². The summed E-state index contributed by atoms with van der Waals surface area (Å²) in [7, 11) is 0. The van der Waals surface area contributed by atoms with Crippen molar-refractivity contribution in [1.29, 1.82) is 0 Å². The molecular weight excluding hydrogens is 1050 g/mol. The first-order chi connectivity index (χ1) is 39.1. The van der Waals surface area contributed by atoms with Crippen LogP contribution >= 0.6 is 0 Å². The van der Waals surface area contributed by atoms with Crippen LogP contribution in [0.3, 0.4) is 0 Å². The van der Waals surface area contributed by atoms with Crippen molar-refractivity contribution in [2.24, 2.45) is 35.1 Å². The van der Waals surface area contributed by atoms with Gasteiger partial charge in [-0.1, -0.05) is 116 Å². The van der Waals surface area contributed by atoms with Crippen molar-refractivity contribution in [3.05, 3.63) is 71.8 Å². The van der Waals surface area contributed by atoms with E-state index in [1.54, 1.807) is 39.8 Å². The van der Waals surface area contributed by atoms with E-state index in [4.69, 9.17) is 20.9 Å². The number of carbonyl (C=O) groups excluding carboxylic acids is 9. The number of rotatable bonds is 17. The molecule has 11 atom stereocenters. The fraction of sp³-hybridized carbons (Fsp3) is 0.650. The van der Waals surface area contributed by atoms with E-state index in [9.17, 15) is 43.2 Å². The Morgan fingerprint density at radius 3 is 1.52 bits per heavy atom. The van der Waals surface area contributed by atoms with E-state index < -0.39 is 132 Å². The normalized spacial score (nSPS) is 27.4. The average Bonchev–Trinajstić information content (AvgIpc) is 3.99. The molecule has 2 aromatic rings. The molecule has 12 N–H and O–H groups in total. The molecule has 0 aromatic heterocycles. The second-order valence-electron chi connectivity index (χ2n) is 23.6. The lowest BCUT2D eigenvalue weighted by Crippen LogP contribution is -2.61. The quantitative estimate of drug-likeness (QED) is 0.108. The number of hydrogen-bond acceptors (Lipinski definition) is 13. The third kappa shape index (κ3) is 20.1. The van der Waals surface area contributed by atoms with Gasteiger partial charge >= 0.3 is 0 Å². The minimum atomic E-state index is -1.21. The first kappa shape index (κ1) is 66.3. The largest absolute Gasteiger partial charge is 0.371 e. The van der Waals surface area contributed by atoms with Gasteiger partial charge in [0.25, 0.3) is 0 Å². The number of amides is 9.